The molecule has 1 aliphatic rings. The summed E-state index contributed by atoms with van der Waals surface area (Å²) in [5.74, 6) is -0.298. The van der Waals surface area contributed by atoms with Crippen LogP contribution in [0.5, 0.6) is 0 Å². The van der Waals surface area contributed by atoms with Crippen LogP contribution in [0.4, 0.5) is 9.18 Å². The molecule has 128 valence electrons. The average Bonchev–Trinajstić information content (AvgIpc) is 3.23. The number of hydrogen-bond acceptors (Lipinski definition) is 4. The smallest absolute Gasteiger partial charge is 0.315 e. The van der Waals surface area contributed by atoms with E-state index in [9.17, 15) is 9.18 Å². The Kier molecular flexibility index (Phi) is 5.42. The number of nitrogens with zero attached hydrogens (tertiary/aromatic N) is 1. The monoisotopic (exact) mass is 349 g/mol. The second kappa shape index (κ2) is 7.72. The lowest BCUT2D eigenvalue weighted by molar-refractivity contribution is 0.0807. The Labute approximate surface area is 144 Å². The summed E-state index contributed by atoms with van der Waals surface area (Å²) in [4.78, 5) is 16.6. The molecular weight excluding hydrogens is 329 g/mol. The van der Waals surface area contributed by atoms with E-state index >= 15 is 0 Å². The number of carbonyl (C=O) groups is 1. The first-order chi connectivity index (χ1) is 11.6. The zero-order chi connectivity index (χ0) is 16.9. The van der Waals surface area contributed by atoms with E-state index < -0.39 is 0 Å². The molecule has 0 saturated carbocycles. The maximum absolute atomic E-state index is 13.2. The van der Waals surface area contributed by atoms with Gasteiger partial charge in [0.05, 0.1) is 18.7 Å². The molecule has 5 nitrogen and oxygen atoms in total. The summed E-state index contributed by atoms with van der Waals surface area (Å²) in [6.45, 7) is 2.98. The predicted octanol–water partition coefficient (Wildman–Crippen LogP) is 3.31. The predicted molar refractivity (Wildman–Crippen MR) is 90.3 cm³/mol. The molecule has 2 amide bonds. The number of benzene rings is 1. The molecule has 0 radical (unpaired) electrons. The van der Waals surface area contributed by atoms with E-state index in [0.717, 1.165) is 29.1 Å². The van der Waals surface area contributed by atoms with E-state index in [2.05, 4.69) is 15.6 Å². The van der Waals surface area contributed by atoms with Crippen molar-refractivity contribution in [3.05, 3.63) is 51.7 Å². The van der Waals surface area contributed by atoms with Crippen molar-refractivity contribution < 1.29 is 13.9 Å². The molecule has 3 rings (SSSR count). The van der Waals surface area contributed by atoms with Crippen LogP contribution in [0.25, 0.3) is 0 Å². The largest absolute Gasteiger partial charge is 0.376 e. The Morgan fingerprint density at radius 3 is 2.88 bits per heavy atom. The van der Waals surface area contributed by atoms with Crippen molar-refractivity contribution >= 4 is 17.4 Å². The minimum absolute atomic E-state index is 0.0941. The van der Waals surface area contributed by atoms with Crippen LogP contribution in [0, 0.1) is 12.7 Å². The fraction of sp³-hybridized carbons (Fsp3) is 0.412. The summed E-state index contributed by atoms with van der Waals surface area (Å²) in [6, 6.07) is 5.58. The number of rotatable bonds is 5. The second-order valence-electron chi connectivity index (χ2n) is 5.79. The molecule has 0 aliphatic carbocycles. The third-order valence-corrected chi connectivity index (χ3v) is 4.89. The first kappa shape index (κ1) is 16.9. The SMILES string of the molecule is Cc1csc(CNC(=O)NC(c2ccc(F)cc2)C2CCCO2)n1. The molecular formula is C17H20FN3O2S. The summed E-state index contributed by atoms with van der Waals surface area (Å²) in [7, 11) is 0. The fourth-order valence-corrected chi connectivity index (χ4v) is 3.47. The number of hydrogen-bond donors (Lipinski definition) is 2. The Bertz CT molecular complexity index is 683. The highest BCUT2D eigenvalue weighted by atomic mass is 32.1. The number of nitrogens with one attached hydrogen (secondary N) is 2. The number of thiazole rings is 1. The third-order valence-electron chi connectivity index (χ3n) is 3.92. The fourth-order valence-electron chi connectivity index (χ4n) is 2.76. The topological polar surface area (TPSA) is 63.2 Å². The standard InChI is InChI=1S/C17H20FN3O2S/c1-11-10-24-15(20-11)9-19-17(22)21-16(14-3-2-8-23-14)12-4-6-13(18)7-5-12/h4-7,10,14,16H,2-3,8-9H2,1H3,(H2,19,21,22). The van der Waals surface area contributed by atoms with Crippen LogP contribution in [0.2, 0.25) is 0 Å². The van der Waals surface area contributed by atoms with Crippen LogP contribution in [0.1, 0.15) is 35.1 Å². The van der Waals surface area contributed by atoms with Gasteiger partial charge in [0.15, 0.2) is 0 Å². The van der Waals surface area contributed by atoms with Gasteiger partial charge in [0.1, 0.15) is 10.8 Å². The molecule has 7 heteroatoms. The van der Waals surface area contributed by atoms with Gasteiger partial charge in [-0.1, -0.05) is 12.1 Å². The molecule has 1 aromatic heterocycles. The molecule has 2 aromatic rings. The second-order valence-corrected chi connectivity index (χ2v) is 6.73. The number of aromatic nitrogens is 1. The Morgan fingerprint density at radius 2 is 2.25 bits per heavy atom. The quantitative estimate of drug-likeness (QED) is 0.870. The van der Waals surface area contributed by atoms with Crippen LogP contribution in [-0.2, 0) is 11.3 Å². The van der Waals surface area contributed by atoms with E-state index in [4.69, 9.17) is 4.74 Å². The first-order valence-corrected chi connectivity index (χ1v) is 8.82. The van der Waals surface area contributed by atoms with Crippen molar-refractivity contribution in [3.63, 3.8) is 0 Å². The van der Waals surface area contributed by atoms with Crippen LogP contribution in [0.15, 0.2) is 29.6 Å². The van der Waals surface area contributed by atoms with Crippen molar-refractivity contribution in [1.29, 1.82) is 0 Å². The molecule has 0 spiro atoms. The van der Waals surface area contributed by atoms with E-state index in [-0.39, 0.29) is 24.0 Å². The number of ether oxygens (including phenoxy) is 1. The Hall–Kier alpha value is -1.99. The minimum Gasteiger partial charge on any atom is -0.376 e. The van der Waals surface area contributed by atoms with Gasteiger partial charge in [-0.05, 0) is 37.5 Å². The molecule has 1 fully saturated rings. The highest BCUT2D eigenvalue weighted by Gasteiger charge is 2.28. The van der Waals surface area contributed by atoms with Gasteiger partial charge in [-0.3, -0.25) is 0 Å². The van der Waals surface area contributed by atoms with Crippen molar-refractivity contribution in [2.45, 2.75) is 38.5 Å². The molecule has 2 N–H and O–H groups in total. The van der Waals surface area contributed by atoms with Crippen LogP contribution in [-0.4, -0.2) is 23.7 Å². The first-order valence-electron chi connectivity index (χ1n) is 7.94. The van der Waals surface area contributed by atoms with Gasteiger partial charge in [0.25, 0.3) is 0 Å². The van der Waals surface area contributed by atoms with Crippen LogP contribution < -0.4 is 10.6 Å². The van der Waals surface area contributed by atoms with E-state index in [0.29, 0.717) is 13.2 Å². The highest BCUT2D eigenvalue weighted by Crippen LogP contribution is 2.27. The van der Waals surface area contributed by atoms with Gasteiger partial charge < -0.3 is 15.4 Å². The van der Waals surface area contributed by atoms with E-state index in [1.165, 1.54) is 23.5 Å². The number of aryl methyl sites for hydroxylation is 1. The van der Waals surface area contributed by atoms with E-state index in [1.807, 2.05) is 12.3 Å². The lowest BCUT2D eigenvalue weighted by Gasteiger charge is -2.24. The third kappa shape index (κ3) is 4.30. The molecule has 0 bridgehead atoms. The van der Waals surface area contributed by atoms with Gasteiger partial charge >= 0.3 is 6.03 Å². The van der Waals surface area contributed by atoms with Crippen molar-refractivity contribution in [2.75, 3.05) is 6.61 Å². The van der Waals surface area contributed by atoms with Gasteiger partial charge in [-0.25, -0.2) is 14.2 Å². The number of urea groups is 1. The highest BCUT2D eigenvalue weighted by molar-refractivity contribution is 7.09. The zero-order valence-corrected chi connectivity index (χ0v) is 14.2. The number of halogens is 1. The number of amides is 2. The molecule has 1 saturated heterocycles. The summed E-state index contributed by atoms with van der Waals surface area (Å²) < 4.78 is 18.9. The lowest BCUT2D eigenvalue weighted by atomic mass is 9.99. The minimum atomic E-state index is -0.300. The normalized spacial score (nSPS) is 18.3. The lowest BCUT2D eigenvalue weighted by Crippen LogP contribution is -2.42. The average molecular weight is 349 g/mol. The molecule has 2 atom stereocenters. The Balaban J connectivity index is 1.64. The van der Waals surface area contributed by atoms with Gasteiger partial charge in [-0.15, -0.1) is 11.3 Å². The summed E-state index contributed by atoms with van der Waals surface area (Å²) >= 11 is 1.51. The zero-order valence-electron chi connectivity index (χ0n) is 13.4. The summed E-state index contributed by atoms with van der Waals surface area (Å²) in [6.07, 6.45) is 1.74. The maximum atomic E-state index is 13.2. The molecule has 2 heterocycles. The van der Waals surface area contributed by atoms with Crippen molar-refractivity contribution in [2.24, 2.45) is 0 Å². The van der Waals surface area contributed by atoms with Gasteiger partial charge in [0.2, 0.25) is 0 Å². The molecule has 24 heavy (non-hydrogen) atoms. The van der Waals surface area contributed by atoms with Crippen LogP contribution in [0.3, 0.4) is 0 Å². The van der Waals surface area contributed by atoms with Crippen molar-refractivity contribution in [3.8, 4) is 0 Å². The molecule has 1 aromatic carbocycles. The molecule has 1 aliphatic heterocycles. The van der Waals surface area contributed by atoms with Crippen LogP contribution >= 0.6 is 11.3 Å². The summed E-state index contributed by atoms with van der Waals surface area (Å²) in [5.41, 5.74) is 1.78. The van der Waals surface area contributed by atoms with E-state index in [1.54, 1.807) is 12.1 Å². The van der Waals surface area contributed by atoms with Crippen molar-refractivity contribution in [1.82, 2.24) is 15.6 Å². The maximum Gasteiger partial charge on any atom is 0.315 e. The molecule has 2 unspecified atom stereocenters. The Morgan fingerprint density at radius 1 is 1.46 bits per heavy atom. The number of carbonyl (C=O) groups excluding carboxylic acids is 1. The van der Waals surface area contributed by atoms with Gasteiger partial charge in [0, 0.05) is 17.7 Å². The van der Waals surface area contributed by atoms with Gasteiger partial charge in [-0.2, -0.15) is 0 Å². The summed E-state index contributed by atoms with van der Waals surface area (Å²) in [5, 5.41) is 8.57.